The molecule has 0 amide bonds. The Balaban J connectivity index is 2.16. The second-order valence-electron chi connectivity index (χ2n) is 3.65. The minimum atomic E-state index is -3.46. The van der Waals surface area contributed by atoms with Gasteiger partial charge >= 0.3 is 0 Å². The number of halogens is 1. The maximum atomic E-state index is 12.1. The van der Waals surface area contributed by atoms with Crippen LogP contribution in [0.25, 0.3) is 0 Å². The lowest BCUT2D eigenvalue weighted by atomic mass is 10.3. The Morgan fingerprint density at radius 1 is 1.39 bits per heavy atom. The second-order valence-corrected chi connectivity index (χ2v) is 8.02. The van der Waals surface area contributed by atoms with E-state index in [2.05, 4.69) is 25.6 Å². The summed E-state index contributed by atoms with van der Waals surface area (Å²) in [5.41, 5.74) is 0.875. The molecule has 2 rings (SSSR count). The van der Waals surface area contributed by atoms with Crippen molar-refractivity contribution in [3.63, 3.8) is 0 Å². The Labute approximate surface area is 118 Å². The summed E-state index contributed by atoms with van der Waals surface area (Å²) < 4.78 is 27.6. The van der Waals surface area contributed by atoms with Crippen molar-refractivity contribution in [3.8, 4) is 0 Å². The van der Waals surface area contributed by atoms with Crippen LogP contribution < -0.4 is 4.72 Å². The fraction of sp³-hybridized carbons (Fsp3) is 0.182. The van der Waals surface area contributed by atoms with E-state index in [4.69, 9.17) is 0 Å². The van der Waals surface area contributed by atoms with Gasteiger partial charge in [-0.1, -0.05) is 0 Å². The van der Waals surface area contributed by atoms with E-state index in [1.807, 2.05) is 0 Å². The van der Waals surface area contributed by atoms with Crippen molar-refractivity contribution >= 4 is 37.3 Å². The molecule has 0 saturated heterocycles. The van der Waals surface area contributed by atoms with E-state index < -0.39 is 10.0 Å². The van der Waals surface area contributed by atoms with Gasteiger partial charge in [0.2, 0.25) is 10.0 Å². The molecule has 0 aliphatic rings. The molecule has 0 radical (unpaired) electrons. The molecule has 0 fully saturated rings. The van der Waals surface area contributed by atoms with Crippen molar-refractivity contribution in [2.24, 2.45) is 0 Å². The molecule has 0 aromatic carbocycles. The minimum Gasteiger partial charge on any atom is -0.265 e. The third kappa shape index (κ3) is 3.17. The van der Waals surface area contributed by atoms with E-state index in [1.165, 1.54) is 11.3 Å². The van der Waals surface area contributed by atoms with Crippen LogP contribution in [0.4, 0.5) is 0 Å². The molecule has 96 valence electrons. The van der Waals surface area contributed by atoms with Crippen LogP contribution in [0.3, 0.4) is 0 Å². The van der Waals surface area contributed by atoms with Gasteiger partial charge in [0, 0.05) is 23.8 Å². The number of rotatable bonds is 4. The number of nitrogens with one attached hydrogen (secondary N) is 1. The van der Waals surface area contributed by atoms with Crippen molar-refractivity contribution in [2.45, 2.75) is 18.4 Å². The average Bonchev–Trinajstić information content (AvgIpc) is 2.68. The molecule has 0 spiro atoms. The van der Waals surface area contributed by atoms with E-state index in [-0.39, 0.29) is 6.54 Å². The highest BCUT2D eigenvalue weighted by Crippen LogP contribution is 2.29. The molecule has 2 aromatic heterocycles. The number of aromatic nitrogens is 1. The van der Waals surface area contributed by atoms with Crippen LogP contribution in [-0.4, -0.2) is 13.4 Å². The van der Waals surface area contributed by atoms with E-state index >= 15 is 0 Å². The average molecular weight is 347 g/mol. The molecule has 0 bridgehead atoms. The lowest BCUT2D eigenvalue weighted by Crippen LogP contribution is -2.23. The smallest absolute Gasteiger partial charge is 0.242 e. The lowest BCUT2D eigenvalue weighted by Gasteiger charge is -2.05. The largest absolute Gasteiger partial charge is 0.265 e. The molecule has 0 saturated carbocycles. The van der Waals surface area contributed by atoms with Crippen molar-refractivity contribution in [3.05, 3.63) is 44.8 Å². The third-order valence-electron chi connectivity index (χ3n) is 2.35. The topological polar surface area (TPSA) is 59.1 Å². The summed E-state index contributed by atoms with van der Waals surface area (Å²) in [4.78, 5) is 4.98. The van der Waals surface area contributed by atoms with Crippen LogP contribution in [0.2, 0.25) is 0 Å². The van der Waals surface area contributed by atoms with Crippen LogP contribution in [0.1, 0.15) is 10.4 Å². The van der Waals surface area contributed by atoms with Crippen LogP contribution in [0.5, 0.6) is 0 Å². The van der Waals surface area contributed by atoms with Gasteiger partial charge in [0.1, 0.15) is 0 Å². The fourth-order valence-electron chi connectivity index (χ4n) is 1.45. The number of thiophene rings is 1. The first kappa shape index (κ1) is 13.7. The van der Waals surface area contributed by atoms with Crippen LogP contribution >= 0.6 is 27.3 Å². The summed E-state index contributed by atoms with van der Waals surface area (Å²) in [5, 5.41) is 0. The molecule has 0 atom stereocenters. The number of hydrogen-bond acceptors (Lipinski definition) is 4. The monoisotopic (exact) mass is 346 g/mol. The molecular weight excluding hydrogens is 336 g/mol. The normalized spacial score (nSPS) is 11.7. The zero-order valence-corrected chi connectivity index (χ0v) is 12.8. The van der Waals surface area contributed by atoms with Crippen molar-refractivity contribution in [1.29, 1.82) is 0 Å². The summed E-state index contributed by atoms with van der Waals surface area (Å²) in [6.07, 6.45) is 3.27. The zero-order valence-electron chi connectivity index (χ0n) is 9.55. The first-order valence-corrected chi connectivity index (χ1v) is 8.23. The van der Waals surface area contributed by atoms with Gasteiger partial charge in [0.15, 0.2) is 0 Å². The van der Waals surface area contributed by atoms with Crippen molar-refractivity contribution in [1.82, 2.24) is 9.71 Å². The molecule has 18 heavy (non-hydrogen) atoms. The van der Waals surface area contributed by atoms with Gasteiger partial charge in [-0.3, -0.25) is 4.98 Å². The zero-order chi connectivity index (χ0) is 13.2. The molecule has 2 heterocycles. The molecule has 2 aromatic rings. The summed E-state index contributed by atoms with van der Waals surface area (Å²) in [5.74, 6) is 0. The number of aryl methyl sites for hydroxylation is 1. The maximum Gasteiger partial charge on any atom is 0.242 e. The highest BCUT2D eigenvalue weighted by molar-refractivity contribution is 9.11. The minimum absolute atomic E-state index is 0.262. The van der Waals surface area contributed by atoms with Gasteiger partial charge in [-0.25, -0.2) is 13.1 Å². The summed E-state index contributed by atoms with van der Waals surface area (Å²) in [6, 6.07) is 5.17. The second kappa shape index (κ2) is 5.48. The first-order chi connectivity index (χ1) is 8.49. The molecule has 0 aliphatic carbocycles. The molecule has 1 N–H and O–H groups in total. The maximum absolute atomic E-state index is 12.1. The highest BCUT2D eigenvalue weighted by Gasteiger charge is 2.18. The van der Waals surface area contributed by atoms with Crippen molar-refractivity contribution < 1.29 is 8.42 Å². The summed E-state index contributed by atoms with van der Waals surface area (Å²) in [7, 11) is -3.46. The van der Waals surface area contributed by atoms with E-state index in [0.717, 1.165) is 14.2 Å². The Morgan fingerprint density at radius 2 is 2.06 bits per heavy atom. The first-order valence-electron chi connectivity index (χ1n) is 5.13. The van der Waals surface area contributed by atoms with E-state index in [9.17, 15) is 8.42 Å². The van der Waals surface area contributed by atoms with E-state index in [0.29, 0.717) is 4.90 Å². The van der Waals surface area contributed by atoms with Crippen LogP contribution in [0.15, 0.2) is 39.3 Å². The van der Waals surface area contributed by atoms with Gasteiger partial charge < -0.3 is 0 Å². The number of nitrogens with zero attached hydrogens (tertiary/aromatic N) is 1. The quantitative estimate of drug-likeness (QED) is 0.925. The lowest BCUT2D eigenvalue weighted by molar-refractivity contribution is 0.581. The fourth-order valence-corrected chi connectivity index (χ4v) is 4.88. The Hall–Kier alpha value is -0.760. The van der Waals surface area contributed by atoms with Gasteiger partial charge in [0.25, 0.3) is 0 Å². The van der Waals surface area contributed by atoms with Crippen LogP contribution in [0, 0.1) is 6.92 Å². The number of hydrogen-bond donors (Lipinski definition) is 1. The molecule has 7 heteroatoms. The predicted octanol–water partition coefficient (Wildman–Crippen LogP) is 2.69. The highest BCUT2D eigenvalue weighted by atomic mass is 79.9. The summed E-state index contributed by atoms with van der Waals surface area (Å²) >= 11 is 4.69. The number of pyridine rings is 1. The molecule has 4 nitrogen and oxygen atoms in total. The SMILES string of the molecule is Cc1sc(Br)cc1S(=O)(=O)NCc1ccncc1. The van der Waals surface area contributed by atoms with Crippen molar-refractivity contribution in [2.75, 3.05) is 0 Å². The van der Waals surface area contributed by atoms with E-state index in [1.54, 1.807) is 37.5 Å². The Bertz CT molecular complexity index is 638. The van der Waals surface area contributed by atoms with Gasteiger partial charge in [-0.15, -0.1) is 11.3 Å². The standard InChI is InChI=1S/C11H11BrN2O2S2/c1-8-10(6-11(12)17-8)18(15,16)14-7-9-2-4-13-5-3-9/h2-6,14H,7H2,1H3. The third-order valence-corrected chi connectivity index (χ3v) is 5.56. The van der Waals surface area contributed by atoms with Gasteiger partial charge in [-0.05, 0) is 46.6 Å². The number of sulfonamides is 1. The molecule has 0 aliphatic heterocycles. The molecular formula is C11H11BrN2O2S2. The molecule has 0 unspecified atom stereocenters. The Morgan fingerprint density at radius 3 is 2.61 bits per heavy atom. The summed E-state index contributed by atoms with van der Waals surface area (Å²) in [6.45, 7) is 2.05. The van der Waals surface area contributed by atoms with Gasteiger partial charge in [-0.2, -0.15) is 0 Å². The Kier molecular flexibility index (Phi) is 4.16. The van der Waals surface area contributed by atoms with Gasteiger partial charge in [0.05, 0.1) is 8.68 Å². The predicted molar refractivity (Wildman–Crippen MR) is 75.0 cm³/mol. The van der Waals surface area contributed by atoms with Crippen LogP contribution in [-0.2, 0) is 16.6 Å².